The minimum atomic E-state index is -1.39. The number of carboxylic acid groups (broad SMARTS) is 1. The minimum Gasteiger partial charge on any atom is -0.479 e. The van der Waals surface area contributed by atoms with Crippen LogP contribution in [0.5, 0.6) is 0 Å². The summed E-state index contributed by atoms with van der Waals surface area (Å²) in [4.78, 5) is 34.6. The Kier molecular flexibility index (Phi) is 4.23. The van der Waals surface area contributed by atoms with Crippen molar-refractivity contribution >= 4 is 23.5 Å². The molecule has 0 aliphatic carbocycles. The highest BCUT2D eigenvalue weighted by Gasteiger charge is 2.44. The summed E-state index contributed by atoms with van der Waals surface area (Å²) in [7, 11) is 0. The number of carbonyl (C=O) groups excluding carboxylic acids is 2. The topological polar surface area (TPSA) is 105 Å². The van der Waals surface area contributed by atoms with Gasteiger partial charge in [0.25, 0.3) is 5.91 Å². The van der Waals surface area contributed by atoms with E-state index >= 15 is 0 Å². The van der Waals surface area contributed by atoms with Crippen LogP contribution in [0.4, 0.5) is 5.69 Å². The molecule has 1 heterocycles. The van der Waals surface area contributed by atoms with Gasteiger partial charge in [-0.2, -0.15) is 0 Å². The first-order valence-electron chi connectivity index (χ1n) is 6.44. The Morgan fingerprint density at radius 3 is 2.67 bits per heavy atom. The van der Waals surface area contributed by atoms with Crippen LogP contribution in [0.1, 0.15) is 23.7 Å². The summed E-state index contributed by atoms with van der Waals surface area (Å²) in [6.45, 7) is 1.60. The van der Waals surface area contributed by atoms with Gasteiger partial charge >= 0.3 is 5.97 Å². The molecule has 1 aromatic carbocycles. The number of hydrogen-bond donors (Lipinski definition) is 3. The summed E-state index contributed by atoms with van der Waals surface area (Å²) in [6, 6.07) is 6.29. The second-order valence-corrected chi connectivity index (χ2v) is 4.91. The molecule has 2 amide bonds. The van der Waals surface area contributed by atoms with Gasteiger partial charge in [0.1, 0.15) is 0 Å². The third-order valence-corrected chi connectivity index (χ3v) is 3.23. The fourth-order valence-corrected chi connectivity index (χ4v) is 2.12. The van der Waals surface area contributed by atoms with Gasteiger partial charge in [0, 0.05) is 31.2 Å². The molecule has 0 aromatic heterocycles. The van der Waals surface area contributed by atoms with Gasteiger partial charge in [-0.05, 0) is 18.2 Å². The molecule has 0 radical (unpaired) electrons. The smallest absolute Gasteiger partial charge is 0.331 e. The average Bonchev–Trinajstić information content (AvgIpc) is 2.88. The van der Waals surface area contributed by atoms with Crippen molar-refractivity contribution in [3.8, 4) is 0 Å². The SMILES string of the molecule is CC(=O)Nc1cccc(C(=O)NC2(C(=O)O)CCOC2)c1. The first kappa shape index (κ1) is 15.0. The average molecular weight is 292 g/mol. The zero-order valence-electron chi connectivity index (χ0n) is 11.5. The quantitative estimate of drug-likeness (QED) is 0.754. The van der Waals surface area contributed by atoms with Crippen LogP contribution >= 0.6 is 0 Å². The Balaban J connectivity index is 2.16. The van der Waals surface area contributed by atoms with Crippen molar-refractivity contribution in [1.82, 2.24) is 5.32 Å². The number of rotatable bonds is 4. The van der Waals surface area contributed by atoms with E-state index < -0.39 is 17.4 Å². The molecule has 112 valence electrons. The summed E-state index contributed by atoms with van der Waals surface area (Å²) in [5.74, 6) is -1.89. The van der Waals surface area contributed by atoms with Gasteiger partial charge in [0.2, 0.25) is 5.91 Å². The molecule has 2 rings (SSSR count). The standard InChI is InChI=1S/C14H16N2O5/c1-9(17)15-11-4-2-3-10(7-11)12(18)16-14(13(19)20)5-6-21-8-14/h2-4,7H,5-6,8H2,1H3,(H,15,17)(H,16,18)(H,19,20). The lowest BCUT2D eigenvalue weighted by molar-refractivity contribution is -0.144. The van der Waals surface area contributed by atoms with Gasteiger partial charge in [-0.1, -0.05) is 6.07 Å². The van der Waals surface area contributed by atoms with Gasteiger partial charge in [0.05, 0.1) is 6.61 Å². The van der Waals surface area contributed by atoms with Gasteiger partial charge in [-0.3, -0.25) is 9.59 Å². The van der Waals surface area contributed by atoms with E-state index in [-0.39, 0.29) is 24.5 Å². The van der Waals surface area contributed by atoms with E-state index in [1.807, 2.05) is 0 Å². The molecule has 0 saturated carbocycles. The molecule has 1 atom stereocenters. The second kappa shape index (κ2) is 5.92. The van der Waals surface area contributed by atoms with Gasteiger partial charge in [-0.25, -0.2) is 4.79 Å². The molecule has 1 aliphatic heterocycles. The van der Waals surface area contributed by atoms with Crippen molar-refractivity contribution in [1.29, 1.82) is 0 Å². The lowest BCUT2D eigenvalue weighted by Gasteiger charge is -2.23. The van der Waals surface area contributed by atoms with E-state index in [1.165, 1.54) is 13.0 Å². The fourth-order valence-electron chi connectivity index (χ4n) is 2.12. The van der Waals surface area contributed by atoms with E-state index in [1.54, 1.807) is 18.2 Å². The zero-order chi connectivity index (χ0) is 15.5. The predicted molar refractivity (Wildman–Crippen MR) is 74.0 cm³/mol. The van der Waals surface area contributed by atoms with Crippen molar-refractivity contribution in [2.45, 2.75) is 18.9 Å². The molecule has 1 saturated heterocycles. The van der Waals surface area contributed by atoms with E-state index in [0.29, 0.717) is 12.3 Å². The first-order valence-corrected chi connectivity index (χ1v) is 6.44. The molecular formula is C14H16N2O5. The number of amides is 2. The summed E-state index contributed by atoms with van der Waals surface area (Å²) < 4.78 is 5.08. The Morgan fingerprint density at radius 1 is 1.33 bits per heavy atom. The van der Waals surface area contributed by atoms with Crippen LogP contribution in [0.15, 0.2) is 24.3 Å². The monoisotopic (exact) mass is 292 g/mol. The van der Waals surface area contributed by atoms with Gasteiger partial charge in [-0.15, -0.1) is 0 Å². The number of benzene rings is 1. The molecule has 1 fully saturated rings. The van der Waals surface area contributed by atoms with Crippen molar-refractivity contribution in [2.75, 3.05) is 18.5 Å². The number of hydrogen-bond acceptors (Lipinski definition) is 4. The molecule has 0 spiro atoms. The molecular weight excluding hydrogens is 276 g/mol. The number of aliphatic carboxylic acids is 1. The Bertz CT molecular complexity index is 578. The summed E-state index contributed by atoms with van der Waals surface area (Å²) in [6.07, 6.45) is 0.222. The molecule has 1 unspecified atom stereocenters. The van der Waals surface area contributed by atoms with Crippen LogP contribution in [0.25, 0.3) is 0 Å². The number of carbonyl (C=O) groups is 3. The van der Waals surface area contributed by atoms with E-state index in [2.05, 4.69) is 10.6 Å². The van der Waals surface area contributed by atoms with E-state index in [9.17, 15) is 19.5 Å². The molecule has 7 heteroatoms. The number of anilines is 1. The van der Waals surface area contributed by atoms with Crippen molar-refractivity contribution in [3.05, 3.63) is 29.8 Å². The van der Waals surface area contributed by atoms with Crippen LogP contribution in [0.2, 0.25) is 0 Å². The molecule has 3 N–H and O–H groups in total. The highest BCUT2D eigenvalue weighted by Crippen LogP contribution is 2.20. The van der Waals surface area contributed by atoms with E-state index in [0.717, 1.165) is 0 Å². The highest BCUT2D eigenvalue weighted by molar-refractivity contribution is 5.99. The third kappa shape index (κ3) is 3.38. The van der Waals surface area contributed by atoms with Crippen LogP contribution in [0, 0.1) is 0 Å². The lowest BCUT2D eigenvalue weighted by atomic mass is 9.98. The van der Waals surface area contributed by atoms with Crippen LogP contribution in [-0.4, -0.2) is 41.6 Å². The first-order chi connectivity index (χ1) is 9.93. The number of carboxylic acids is 1. The Labute approximate surface area is 121 Å². The maximum Gasteiger partial charge on any atom is 0.331 e. The van der Waals surface area contributed by atoms with Gasteiger partial charge < -0.3 is 20.5 Å². The Morgan fingerprint density at radius 2 is 2.10 bits per heavy atom. The Hall–Kier alpha value is -2.41. The summed E-state index contributed by atoms with van der Waals surface area (Å²) in [5, 5.41) is 14.4. The van der Waals surface area contributed by atoms with Crippen LogP contribution in [0.3, 0.4) is 0 Å². The third-order valence-electron chi connectivity index (χ3n) is 3.23. The summed E-state index contributed by atoms with van der Waals surface area (Å²) >= 11 is 0. The normalized spacial score (nSPS) is 20.8. The predicted octanol–water partition coefficient (Wildman–Crippen LogP) is 0.618. The number of ether oxygens (including phenoxy) is 1. The minimum absolute atomic E-state index is 0.0561. The second-order valence-electron chi connectivity index (χ2n) is 4.91. The van der Waals surface area contributed by atoms with E-state index in [4.69, 9.17) is 4.74 Å². The van der Waals surface area contributed by atoms with Crippen molar-refractivity contribution < 1.29 is 24.2 Å². The largest absolute Gasteiger partial charge is 0.479 e. The summed E-state index contributed by atoms with van der Waals surface area (Å²) in [5.41, 5.74) is -0.642. The lowest BCUT2D eigenvalue weighted by Crippen LogP contribution is -2.55. The molecule has 1 aliphatic rings. The molecule has 21 heavy (non-hydrogen) atoms. The maximum absolute atomic E-state index is 12.2. The fraction of sp³-hybridized carbons (Fsp3) is 0.357. The molecule has 1 aromatic rings. The molecule has 7 nitrogen and oxygen atoms in total. The van der Waals surface area contributed by atoms with Gasteiger partial charge in [0.15, 0.2) is 5.54 Å². The highest BCUT2D eigenvalue weighted by atomic mass is 16.5. The molecule has 0 bridgehead atoms. The maximum atomic E-state index is 12.2. The van der Waals surface area contributed by atoms with Crippen molar-refractivity contribution in [3.63, 3.8) is 0 Å². The van der Waals surface area contributed by atoms with Crippen molar-refractivity contribution in [2.24, 2.45) is 0 Å². The van der Waals surface area contributed by atoms with Crippen LogP contribution < -0.4 is 10.6 Å². The zero-order valence-corrected chi connectivity index (χ0v) is 11.5. The number of nitrogens with one attached hydrogen (secondary N) is 2. The van der Waals surface area contributed by atoms with Crippen LogP contribution in [-0.2, 0) is 14.3 Å².